The molecule has 0 radical (unpaired) electrons. The molecule has 0 aromatic rings. The summed E-state index contributed by atoms with van der Waals surface area (Å²) in [6.45, 7) is 10.6. The Morgan fingerprint density at radius 1 is 1.00 bits per heavy atom. The zero-order chi connectivity index (χ0) is 15.1. The molecular formula is C14H29F3N2. The van der Waals surface area contributed by atoms with Gasteiger partial charge in [0.05, 0.1) is 6.54 Å². The highest BCUT2D eigenvalue weighted by Crippen LogP contribution is 2.18. The van der Waals surface area contributed by atoms with Crippen molar-refractivity contribution in [2.24, 2.45) is 0 Å². The average molecular weight is 282 g/mol. The first-order chi connectivity index (χ1) is 8.51. The molecular weight excluding hydrogens is 253 g/mol. The molecule has 0 aliphatic rings. The summed E-state index contributed by atoms with van der Waals surface area (Å²) in [5, 5.41) is 3.38. The predicted molar refractivity (Wildman–Crippen MR) is 74.4 cm³/mol. The fraction of sp³-hybridized carbons (Fsp3) is 1.00. The molecule has 0 spiro atoms. The number of hydrogen-bond donors (Lipinski definition) is 1. The number of nitrogens with zero attached hydrogens (tertiary/aromatic N) is 1. The molecule has 0 aliphatic heterocycles. The van der Waals surface area contributed by atoms with Gasteiger partial charge in [-0.2, -0.15) is 13.2 Å². The number of rotatable bonds is 8. The van der Waals surface area contributed by atoms with Crippen molar-refractivity contribution >= 4 is 0 Å². The van der Waals surface area contributed by atoms with E-state index in [1.807, 2.05) is 13.8 Å². The van der Waals surface area contributed by atoms with E-state index in [9.17, 15) is 13.2 Å². The Morgan fingerprint density at radius 2 is 1.58 bits per heavy atom. The van der Waals surface area contributed by atoms with Crippen molar-refractivity contribution in [3.05, 3.63) is 0 Å². The topological polar surface area (TPSA) is 15.3 Å². The molecule has 0 fully saturated rings. The van der Waals surface area contributed by atoms with Gasteiger partial charge in [-0.05, 0) is 60.5 Å². The van der Waals surface area contributed by atoms with Crippen molar-refractivity contribution < 1.29 is 13.2 Å². The van der Waals surface area contributed by atoms with E-state index < -0.39 is 12.7 Å². The van der Waals surface area contributed by atoms with Crippen LogP contribution >= 0.6 is 0 Å². The Balaban J connectivity index is 3.77. The lowest BCUT2D eigenvalue weighted by Crippen LogP contribution is -2.39. The van der Waals surface area contributed by atoms with Gasteiger partial charge in [-0.3, -0.25) is 4.90 Å². The van der Waals surface area contributed by atoms with Crippen LogP contribution < -0.4 is 5.32 Å². The summed E-state index contributed by atoms with van der Waals surface area (Å²) in [6.07, 6.45) is -1.31. The van der Waals surface area contributed by atoms with Crippen LogP contribution in [0.2, 0.25) is 0 Å². The molecule has 0 unspecified atom stereocenters. The second-order valence-electron chi connectivity index (χ2n) is 6.42. The van der Waals surface area contributed by atoms with Gasteiger partial charge in [0, 0.05) is 11.6 Å². The number of nitrogens with one attached hydrogen (secondary N) is 1. The molecule has 0 heterocycles. The van der Waals surface area contributed by atoms with E-state index >= 15 is 0 Å². The van der Waals surface area contributed by atoms with E-state index in [1.54, 1.807) is 0 Å². The van der Waals surface area contributed by atoms with Crippen LogP contribution in [-0.2, 0) is 0 Å². The van der Waals surface area contributed by atoms with Crippen LogP contribution in [0.1, 0.15) is 53.9 Å². The van der Waals surface area contributed by atoms with Gasteiger partial charge in [0.2, 0.25) is 0 Å². The second kappa shape index (κ2) is 8.10. The molecule has 19 heavy (non-hydrogen) atoms. The van der Waals surface area contributed by atoms with Crippen molar-refractivity contribution in [2.45, 2.75) is 71.6 Å². The van der Waals surface area contributed by atoms with E-state index in [2.05, 4.69) is 26.1 Å². The number of unbranched alkanes of at least 4 members (excludes halogenated alkanes) is 2. The molecule has 0 aromatic carbocycles. The molecule has 0 atom stereocenters. The molecule has 116 valence electrons. The van der Waals surface area contributed by atoms with Gasteiger partial charge in [0.1, 0.15) is 0 Å². The van der Waals surface area contributed by atoms with Gasteiger partial charge in [0.15, 0.2) is 0 Å². The van der Waals surface area contributed by atoms with Crippen molar-refractivity contribution in [3.63, 3.8) is 0 Å². The summed E-state index contributed by atoms with van der Waals surface area (Å²) in [5.74, 6) is 0. The van der Waals surface area contributed by atoms with Gasteiger partial charge in [-0.25, -0.2) is 0 Å². The minimum absolute atomic E-state index is 0.0608. The molecule has 0 rings (SSSR count). The molecule has 0 saturated carbocycles. The summed E-state index contributed by atoms with van der Waals surface area (Å²) in [7, 11) is 0. The molecule has 0 aliphatic carbocycles. The largest absolute Gasteiger partial charge is 0.401 e. The Kier molecular flexibility index (Phi) is 7.98. The van der Waals surface area contributed by atoms with Gasteiger partial charge >= 0.3 is 6.18 Å². The molecule has 0 bridgehead atoms. The van der Waals surface area contributed by atoms with Crippen molar-refractivity contribution in [1.82, 2.24) is 10.2 Å². The minimum Gasteiger partial charge on any atom is -0.312 e. The molecule has 2 nitrogen and oxygen atoms in total. The van der Waals surface area contributed by atoms with Crippen molar-refractivity contribution in [2.75, 3.05) is 19.6 Å². The molecule has 0 amide bonds. The highest BCUT2D eigenvalue weighted by atomic mass is 19.4. The van der Waals surface area contributed by atoms with Crippen molar-refractivity contribution in [1.29, 1.82) is 0 Å². The summed E-state index contributed by atoms with van der Waals surface area (Å²) >= 11 is 0. The lowest BCUT2D eigenvalue weighted by Gasteiger charge is -2.27. The lowest BCUT2D eigenvalue weighted by atomic mass is 10.1. The number of alkyl halides is 3. The van der Waals surface area contributed by atoms with E-state index in [1.165, 1.54) is 4.90 Å². The molecule has 0 saturated heterocycles. The summed E-state index contributed by atoms with van der Waals surface area (Å²) in [5.41, 5.74) is 0.111. The third-order valence-corrected chi connectivity index (χ3v) is 2.89. The Labute approximate surface area is 115 Å². The smallest absolute Gasteiger partial charge is 0.312 e. The van der Waals surface area contributed by atoms with Crippen LogP contribution in [0.3, 0.4) is 0 Å². The van der Waals surface area contributed by atoms with Crippen LogP contribution in [0.5, 0.6) is 0 Å². The Bertz CT molecular complexity index is 232. The summed E-state index contributed by atoms with van der Waals surface area (Å²) in [4.78, 5) is 1.50. The van der Waals surface area contributed by atoms with E-state index in [4.69, 9.17) is 0 Å². The zero-order valence-corrected chi connectivity index (χ0v) is 12.9. The first-order valence-electron chi connectivity index (χ1n) is 7.07. The van der Waals surface area contributed by atoms with Gasteiger partial charge in [-0.1, -0.05) is 6.42 Å². The lowest BCUT2D eigenvalue weighted by molar-refractivity contribution is -0.149. The van der Waals surface area contributed by atoms with E-state index in [0.29, 0.717) is 6.54 Å². The maximum atomic E-state index is 12.4. The van der Waals surface area contributed by atoms with Crippen molar-refractivity contribution in [3.8, 4) is 0 Å². The van der Waals surface area contributed by atoms with E-state index in [0.717, 1.165) is 25.8 Å². The minimum atomic E-state index is -4.10. The highest BCUT2D eigenvalue weighted by molar-refractivity contribution is 4.70. The third kappa shape index (κ3) is 12.5. The van der Waals surface area contributed by atoms with Crippen LogP contribution in [-0.4, -0.2) is 42.3 Å². The predicted octanol–water partition coefficient (Wildman–Crippen LogP) is 3.82. The summed E-state index contributed by atoms with van der Waals surface area (Å²) in [6, 6.07) is -0.0608. The Hall–Kier alpha value is -0.290. The van der Waals surface area contributed by atoms with Gasteiger partial charge < -0.3 is 5.32 Å². The normalized spacial score (nSPS) is 13.6. The highest BCUT2D eigenvalue weighted by Gasteiger charge is 2.31. The second-order valence-corrected chi connectivity index (χ2v) is 6.42. The molecule has 0 aromatic heterocycles. The van der Waals surface area contributed by atoms with Gasteiger partial charge in [0.25, 0.3) is 0 Å². The first kappa shape index (κ1) is 18.7. The molecule has 5 heteroatoms. The quantitative estimate of drug-likeness (QED) is 0.681. The molecule has 1 N–H and O–H groups in total. The Morgan fingerprint density at radius 3 is 2.00 bits per heavy atom. The van der Waals surface area contributed by atoms with Crippen LogP contribution in [0.15, 0.2) is 0 Å². The standard InChI is InChI=1S/C14H29F3N2/c1-12(2)19(11-14(15,16)17)10-8-6-7-9-18-13(3,4)5/h12,18H,6-11H2,1-5H3. The third-order valence-electron chi connectivity index (χ3n) is 2.89. The SMILES string of the molecule is CC(C)N(CCCCCNC(C)(C)C)CC(F)(F)F. The van der Waals surface area contributed by atoms with Gasteiger partial charge in [-0.15, -0.1) is 0 Å². The fourth-order valence-electron chi connectivity index (χ4n) is 1.83. The van der Waals surface area contributed by atoms with Crippen LogP contribution in [0, 0.1) is 0 Å². The van der Waals surface area contributed by atoms with E-state index in [-0.39, 0.29) is 11.6 Å². The fourth-order valence-corrected chi connectivity index (χ4v) is 1.83. The average Bonchev–Trinajstić information content (AvgIpc) is 2.17. The monoisotopic (exact) mass is 282 g/mol. The number of hydrogen-bond acceptors (Lipinski definition) is 2. The maximum absolute atomic E-state index is 12.4. The zero-order valence-electron chi connectivity index (χ0n) is 12.9. The van der Waals surface area contributed by atoms with Crippen LogP contribution in [0.25, 0.3) is 0 Å². The number of halogens is 3. The van der Waals surface area contributed by atoms with Crippen LogP contribution in [0.4, 0.5) is 13.2 Å². The first-order valence-corrected chi connectivity index (χ1v) is 7.07. The maximum Gasteiger partial charge on any atom is 0.401 e. The summed E-state index contributed by atoms with van der Waals surface area (Å²) < 4.78 is 37.1.